The van der Waals surface area contributed by atoms with Crippen LogP contribution in [0.4, 0.5) is 4.39 Å². The first kappa shape index (κ1) is 29.3. The lowest BCUT2D eigenvalue weighted by molar-refractivity contribution is 0.177. The summed E-state index contributed by atoms with van der Waals surface area (Å²) in [7, 11) is -0.566. The van der Waals surface area contributed by atoms with E-state index in [2.05, 4.69) is 99.0 Å². The molecule has 2 rings (SSSR count). The Morgan fingerprint density at radius 1 is 1.03 bits per heavy atom. The average molecular weight is 490 g/mol. The largest absolute Gasteiger partial charge is 0.380 e. The first-order valence-corrected chi connectivity index (χ1v) is 16.1. The maximum absolute atomic E-state index is 15.6. The fourth-order valence-corrected chi connectivity index (χ4v) is 7.06. The lowest BCUT2D eigenvalue weighted by Gasteiger charge is -2.35. The van der Waals surface area contributed by atoms with E-state index in [1.807, 2.05) is 6.07 Å². The van der Waals surface area contributed by atoms with E-state index in [0.29, 0.717) is 0 Å². The van der Waals surface area contributed by atoms with Crippen LogP contribution in [0.1, 0.15) is 86.3 Å². The molecule has 1 aliphatic heterocycles. The lowest BCUT2D eigenvalue weighted by Crippen LogP contribution is -2.41. The predicted molar refractivity (Wildman–Crippen MR) is 158 cm³/mol. The Hall–Kier alpha value is -0.895. The van der Waals surface area contributed by atoms with E-state index in [9.17, 15) is 0 Å². The van der Waals surface area contributed by atoms with Gasteiger partial charge in [-0.1, -0.05) is 73.8 Å². The highest BCUT2D eigenvalue weighted by molar-refractivity contribution is 8.32. The van der Waals surface area contributed by atoms with Gasteiger partial charge in [-0.2, -0.15) is 0 Å². The van der Waals surface area contributed by atoms with E-state index in [4.69, 9.17) is 0 Å². The lowest BCUT2D eigenvalue weighted by atomic mass is 9.42. The monoisotopic (exact) mass is 489 g/mol. The third kappa shape index (κ3) is 7.80. The molecule has 1 aromatic rings. The maximum Gasteiger partial charge on any atom is 0.180 e. The van der Waals surface area contributed by atoms with E-state index in [-0.39, 0.29) is 34.3 Å². The molecule has 1 fully saturated rings. The summed E-state index contributed by atoms with van der Waals surface area (Å²) in [5, 5.41) is 3.73. The molecular weight excluding hydrogens is 436 g/mol. The second-order valence-corrected chi connectivity index (χ2v) is 19.6. The van der Waals surface area contributed by atoms with Crippen molar-refractivity contribution in [2.24, 2.45) is 16.2 Å². The number of nitrogens with one attached hydrogen (secondary N) is 1. The Balaban J connectivity index is 2.43. The van der Waals surface area contributed by atoms with E-state index in [1.54, 1.807) is 0 Å². The minimum Gasteiger partial charge on any atom is -0.380 e. The van der Waals surface area contributed by atoms with Crippen LogP contribution in [-0.4, -0.2) is 36.8 Å². The Bertz CT molecular complexity index is 870. The number of hydrogen-bond donors (Lipinski definition) is 1. The van der Waals surface area contributed by atoms with Crippen LogP contribution >= 0.6 is 10.0 Å². The minimum absolute atomic E-state index is 0.0258. The maximum atomic E-state index is 15.6. The van der Waals surface area contributed by atoms with Crippen molar-refractivity contribution < 1.29 is 4.39 Å². The standard InChI is InChI=1S/C30H53BFNS/c1-22(33-30(9,10)19-27(2,3)4)24-18-25(31-20-28(5,6)29(7,8)21-31)26(32)17-23(24)15-14-16-34(11,12)13/h17-18,33H,1,14-16,19-21H2,2-13H3. The van der Waals surface area contributed by atoms with Crippen LogP contribution in [-0.2, 0) is 6.42 Å². The third-order valence-electron chi connectivity index (χ3n) is 8.00. The Labute approximate surface area is 213 Å². The molecule has 0 aromatic heterocycles. The molecule has 1 saturated heterocycles. The van der Waals surface area contributed by atoms with E-state index >= 15 is 4.39 Å². The molecule has 1 heterocycles. The smallest absolute Gasteiger partial charge is 0.180 e. The van der Waals surface area contributed by atoms with Crippen molar-refractivity contribution in [1.82, 2.24) is 5.32 Å². The quantitative estimate of drug-likeness (QED) is 0.347. The van der Waals surface area contributed by atoms with Crippen LogP contribution in [0.25, 0.3) is 5.70 Å². The van der Waals surface area contributed by atoms with E-state index in [0.717, 1.165) is 54.2 Å². The van der Waals surface area contributed by atoms with Gasteiger partial charge in [0.2, 0.25) is 0 Å². The molecule has 4 heteroatoms. The topological polar surface area (TPSA) is 12.0 Å². The minimum atomic E-state index is -0.566. The zero-order chi connectivity index (χ0) is 26.3. The molecular formula is C30H53BFNS. The van der Waals surface area contributed by atoms with Crippen LogP contribution in [0, 0.1) is 22.1 Å². The molecule has 1 aliphatic rings. The Kier molecular flexibility index (Phi) is 8.51. The molecule has 0 amide bonds. The second kappa shape index (κ2) is 9.87. The summed E-state index contributed by atoms with van der Waals surface area (Å²) >= 11 is 0. The van der Waals surface area contributed by atoms with Crippen LogP contribution in [0.5, 0.6) is 0 Å². The SMILES string of the molecule is C=C(NC(C)(C)CC(C)(C)C)c1cc(B2CC(C)(C)C(C)(C)C2)c(F)cc1CCCS(C)(C)C. The van der Waals surface area contributed by atoms with Crippen LogP contribution in [0.3, 0.4) is 0 Å². The number of benzene rings is 1. The normalized spacial score (nSPS) is 18.8. The number of halogens is 1. The molecule has 0 radical (unpaired) electrons. The molecule has 1 nitrogen and oxygen atoms in total. The molecule has 0 saturated carbocycles. The van der Waals surface area contributed by atoms with Crippen molar-refractivity contribution in [2.75, 3.05) is 24.5 Å². The van der Waals surface area contributed by atoms with Gasteiger partial charge < -0.3 is 5.32 Å². The zero-order valence-corrected chi connectivity index (χ0v) is 25.3. The van der Waals surface area contributed by atoms with Gasteiger partial charge in [-0.15, -0.1) is 0 Å². The summed E-state index contributed by atoms with van der Waals surface area (Å²) in [5.74, 6) is 1.18. The fourth-order valence-electron chi connectivity index (χ4n) is 6.05. The summed E-state index contributed by atoms with van der Waals surface area (Å²) in [6.45, 7) is 25.4. The van der Waals surface area contributed by atoms with Gasteiger partial charge in [0.1, 0.15) is 5.82 Å². The van der Waals surface area contributed by atoms with Gasteiger partial charge in [0.05, 0.1) is 0 Å². The highest BCUT2D eigenvalue weighted by atomic mass is 32.3. The first-order chi connectivity index (χ1) is 15.1. The number of rotatable bonds is 9. The van der Waals surface area contributed by atoms with Crippen molar-refractivity contribution in [3.8, 4) is 0 Å². The van der Waals surface area contributed by atoms with Crippen molar-refractivity contribution in [2.45, 2.75) is 99.8 Å². The van der Waals surface area contributed by atoms with Crippen molar-refractivity contribution >= 4 is 27.9 Å². The molecule has 194 valence electrons. The zero-order valence-electron chi connectivity index (χ0n) is 24.5. The predicted octanol–water partition coefficient (Wildman–Crippen LogP) is 8.00. The van der Waals surface area contributed by atoms with Gasteiger partial charge in [-0.25, -0.2) is 14.4 Å². The van der Waals surface area contributed by atoms with Gasteiger partial charge in [-0.05, 0) is 96.5 Å². The Morgan fingerprint density at radius 3 is 2.03 bits per heavy atom. The summed E-state index contributed by atoms with van der Waals surface area (Å²) in [6, 6.07) is 3.99. The van der Waals surface area contributed by atoms with Gasteiger partial charge >= 0.3 is 0 Å². The van der Waals surface area contributed by atoms with Crippen LogP contribution < -0.4 is 10.8 Å². The average Bonchev–Trinajstić information content (AvgIpc) is 2.78. The Morgan fingerprint density at radius 2 is 1.56 bits per heavy atom. The summed E-state index contributed by atoms with van der Waals surface area (Å²) in [5.41, 5.74) is 4.55. The second-order valence-electron chi connectivity index (χ2n) is 15.0. The summed E-state index contributed by atoms with van der Waals surface area (Å²) < 4.78 is 15.6. The fraction of sp³-hybridized carbons (Fsp3) is 0.733. The molecule has 1 aromatic carbocycles. The van der Waals surface area contributed by atoms with E-state index in [1.165, 1.54) is 5.75 Å². The number of aryl methyl sites for hydroxylation is 1. The molecule has 0 unspecified atom stereocenters. The highest BCUT2D eigenvalue weighted by Gasteiger charge is 2.48. The summed E-state index contributed by atoms with van der Waals surface area (Å²) in [6.07, 6.45) is 12.1. The first-order valence-electron chi connectivity index (χ1n) is 13.1. The molecule has 0 atom stereocenters. The molecule has 0 spiro atoms. The van der Waals surface area contributed by atoms with Gasteiger partial charge in [0.25, 0.3) is 0 Å². The molecule has 34 heavy (non-hydrogen) atoms. The van der Waals surface area contributed by atoms with Crippen LogP contribution in [0.15, 0.2) is 18.7 Å². The third-order valence-corrected chi connectivity index (χ3v) is 9.51. The number of hydrogen-bond acceptors (Lipinski definition) is 1. The molecule has 0 bridgehead atoms. The van der Waals surface area contributed by atoms with Gasteiger partial charge in [0.15, 0.2) is 6.71 Å². The summed E-state index contributed by atoms with van der Waals surface area (Å²) in [4.78, 5) is 0. The van der Waals surface area contributed by atoms with Crippen molar-refractivity contribution in [3.63, 3.8) is 0 Å². The van der Waals surface area contributed by atoms with Crippen molar-refractivity contribution in [3.05, 3.63) is 35.7 Å². The van der Waals surface area contributed by atoms with Crippen LogP contribution in [0.2, 0.25) is 12.6 Å². The van der Waals surface area contributed by atoms with E-state index < -0.39 is 10.0 Å². The van der Waals surface area contributed by atoms with Gasteiger partial charge in [-0.3, -0.25) is 0 Å². The molecule has 1 N–H and O–H groups in total. The molecule has 0 aliphatic carbocycles. The van der Waals surface area contributed by atoms with Crippen molar-refractivity contribution in [1.29, 1.82) is 0 Å². The highest BCUT2D eigenvalue weighted by Crippen LogP contribution is 2.52. The van der Waals surface area contributed by atoms with Gasteiger partial charge in [0, 0.05) is 11.2 Å².